The Hall–Kier alpha value is -1.08. The van der Waals surface area contributed by atoms with Crippen molar-refractivity contribution in [3.63, 3.8) is 0 Å². The minimum atomic E-state index is 0.589. The summed E-state index contributed by atoms with van der Waals surface area (Å²) in [7, 11) is 0. The minimum absolute atomic E-state index is 0.589. The summed E-state index contributed by atoms with van der Waals surface area (Å²) in [5, 5.41) is 3.67. The predicted octanol–water partition coefficient (Wildman–Crippen LogP) is 4.41. The van der Waals surface area contributed by atoms with Gasteiger partial charge in [-0.15, -0.1) is 0 Å². The third-order valence-corrected chi connectivity index (χ3v) is 4.03. The lowest BCUT2D eigenvalue weighted by Gasteiger charge is -2.24. The Morgan fingerprint density at radius 2 is 2.16 bits per heavy atom. The molecule has 104 valence electrons. The van der Waals surface area contributed by atoms with E-state index in [2.05, 4.69) is 49.5 Å². The molecule has 1 aliphatic rings. The standard InChI is InChI=1S/C18H27N/c1-3-19-18(17-10-5-4-6-11-17)13-12-16-9-7-8-15(2)14-16/h7-10,14,18-19H,3-6,11-13H2,1-2H3. The van der Waals surface area contributed by atoms with Gasteiger partial charge in [0, 0.05) is 6.04 Å². The third-order valence-electron chi connectivity index (χ3n) is 4.03. The van der Waals surface area contributed by atoms with E-state index in [9.17, 15) is 0 Å². The average Bonchev–Trinajstić information content (AvgIpc) is 2.44. The van der Waals surface area contributed by atoms with Crippen molar-refractivity contribution >= 4 is 0 Å². The fourth-order valence-corrected chi connectivity index (χ4v) is 3.02. The Labute approximate surface area is 118 Å². The van der Waals surface area contributed by atoms with Crippen LogP contribution in [-0.4, -0.2) is 12.6 Å². The molecule has 0 amide bonds. The third kappa shape index (κ3) is 4.50. The van der Waals surface area contributed by atoms with E-state index in [0.717, 1.165) is 6.54 Å². The molecule has 0 heterocycles. The molecule has 0 aliphatic heterocycles. The monoisotopic (exact) mass is 257 g/mol. The molecular weight excluding hydrogens is 230 g/mol. The van der Waals surface area contributed by atoms with Gasteiger partial charge in [0.15, 0.2) is 0 Å². The number of hydrogen-bond donors (Lipinski definition) is 1. The van der Waals surface area contributed by atoms with Crippen LogP contribution in [0.3, 0.4) is 0 Å². The molecule has 0 saturated heterocycles. The molecule has 0 saturated carbocycles. The lowest BCUT2D eigenvalue weighted by molar-refractivity contribution is 0.515. The van der Waals surface area contributed by atoms with Crippen LogP contribution in [0.5, 0.6) is 0 Å². The average molecular weight is 257 g/mol. The van der Waals surface area contributed by atoms with Crippen LogP contribution in [0, 0.1) is 6.92 Å². The number of allylic oxidation sites excluding steroid dienone is 1. The largest absolute Gasteiger partial charge is 0.311 e. The predicted molar refractivity (Wildman–Crippen MR) is 83.5 cm³/mol. The van der Waals surface area contributed by atoms with Crippen LogP contribution in [0.15, 0.2) is 35.9 Å². The van der Waals surface area contributed by atoms with Crippen molar-refractivity contribution in [2.75, 3.05) is 6.54 Å². The molecule has 0 bridgehead atoms. The van der Waals surface area contributed by atoms with E-state index in [1.54, 1.807) is 5.57 Å². The van der Waals surface area contributed by atoms with Crippen molar-refractivity contribution in [1.29, 1.82) is 0 Å². The Bertz CT molecular complexity index is 419. The SMILES string of the molecule is CCNC(CCc1cccc(C)c1)C1=CCCCC1. The molecule has 0 spiro atoms. The van der Waals surface area contributed by atoms with E-state index in [4.69, 9.17) is 0 Å². The molecular formula is C18H27N. The summed E-state index contributed by atoms with van der Waals surface area (Å²) in [4.78, 5) is 0. The van der Waals surface area contributed by atoms with Crippen molar-refractivity contribution in [2.45, 2.75) is 58.4 Å². The van der Waals surface area contributed by atoms with Crippen molar-refractivity contribution in [1.82, 2.24) is 5.32 Å². The highest BCUT2D eigenvalue weighted by molar-refractivity contribution is 5.23. The van der Waals surface area contributed by atoms with E-state index in [0.29, 0.717) is 6.04 Å². The first-order valence-electron chi connectivity index (χ1n) is 7.77. The van der Waals surface area contributed by atoms with Crippen molar-refractivity contribution in [3.8, 4) is 0 Å². The van der Waals surface area contributed by atoms with Crippen molar-refractivity contribution < 1.29 is 0 Å². The van der Waals surface area contributed by atoms with Gasteiger partial charge < -0.3 is 5.32 Å². The molecule has 1 aromatic carbocycles. The molecule has 1 N–H and O–H groups in total. The molecule has 1 heteroatoms. The van der Waals surface area contributed by atoms with Gasteiger partial charge in [-0.1, -0.05) is 48.4 Å². The van der Waals surface area contributed by atoms with Gasteiger partial charge in [-0.25, -0.2) is 0 Å². The van der Waals surface area contributed by atoms with Gasteiger partial charge in [0.1, 0.15) is 0 Å². The smallest absolute Gasteiger partial charge is 0.0282 e. The number of aryl methyl sites for hydroxylation is 2. The summed E-state index contributed by atoms with van der Waals surface area (Å²) in [5.41, 5.74) is 4.49. The van der Waals surface area contributed by atoms with Crippen LogP contribution >= 0.6 is 0 Å². The molecule has 0 radical (unpaired) electrons. The second kappa shape index (κ2) is 7.49. The van der Waals surface area contributed by atoms with Crippen LogP contribution in [0.2, 0.25) is 0 Å². The summed E-state index contributed by atoms with van der Waals surface area (Å²) < 4.78 is 0. The Kier molecular flexibility index (Phi) is 5.65. The van der Waals surface area contributed by atoms with Gasteiger partial charge in [0.2, 0.25) is 0 Å². The summed E-state index contributed by atoms with van der Waals surface area (Å²) in [6, 6.07) is 9.51. The zero-order chi connectivity index (χ0) is 13.5. The highest BCUT2D eigenvalue weighted by atomic mass is 14.9. The van der Waals surface area contributed by atoms with Gasteiger partial charge >= 0.3 is 0 Å². The Morgan fingerprint density at radius 1 is 1.26 bits per heavy atom. The maximum Gasteiger partial charge on any atom is 0.0282 e. The van der Waals surface area contributed by atoms with E-state index in [1.165, 1.54) is 49.7 Å². The zero-order valence-corrected chi connectivity index (χ0v) is 12.4. The highest BCUT2D eigenvalue weighted by Crippen LogP contribution is 2.23. The van der Waals surface area contributed by atoms with E-state index in [-0.39, 0.29) is 0 Å². The van der Waals surface area contributed by atoms with Gasteiger partial charge in [-0.05, 0) is 57.6 Å². The van der Waals surface area contributed by atoms with Gasteiger partial charge in [0.05, 0.1) is 0 Å². The maximum absolute atomic E-state index is 3.67. The fraction of sp³-hybridized carbons (Fsp3) is 0.556. The van der Waals surface area contributed by atoms with Crippen molar-refractivity contribution in [2.24, 2.45) is 0 Å². The van der Waals surface area contributed by atoms with Crippen LogP contribution in [-0.2, 0) is 6.42 Å². The number of likely N-dealkylation sites (N-methyl/N-ethyl adjacent to an activating group) is 1. The van der Waals surface area contributed by atoms with Crippen LogP contribution in [0.25, 0.3) is 0 Å². The van der Waals surface area contributed by atoms with Crippen LogP contribution in [0.1, 0.15) is 50.2 Å². The summed E-state index contributed by atoms with van der Waals surface area (Å²) in [6.07, 6.45) is 10.2. The molecule has 2 rings (SSSR count). The normalized spacial score (nSPS) is 17.1. The summed E-state index contributed by atoms with van der Waals surface area (Å²) >= 11 is 0. The Morgan fingerprint density at radius 3 is 2.84 bits per heavy atom. The molecule has 1 nitrogen and oxygen atoms in total. The van der Waals surface area contributed by atoms with Gasteiger partial charge in [0.25, 0.3) is 0 Å². The number of nitrogens with one attached hydrogen (secondary N) is 1. The molecule has 1 atom stereocenters. The topological polar surface area (TPSA) is 12.0 Å². The number of hydrogen-bond acceptors (Lipinski definition) is 1. The second-order valence-corrected chi connectivity index (χ2v) is 5.66. The van der Waals surface area contributed by atoms with Crippen LogP contribution < -0.4 is 5.32 Å². The molecule has 19 heavy (non-hydrogen) atoms. The second-order valence-electron chi connectivity index (χ2n) is 5.66. The maximum atomic E-state index is 3.67. The molecule has 1 aliphatic carbocycles. The van der Waals surface area contributed by atoms with Crippen LogP contribution in [0.4, 0.5) is 0 Å². The summed E-state index contributed by atoms with van der Waals surface area (Å²) in [5.74, 6) is 0. The fourth-order valence-electron chi connectivity index (χ4n) is 3.02. The lowest BCUT2D eigenvalue weighted by Crippen LogP contribution is -2.32. The Balaban J connectivity index is 1.95. The highest BCUT2D eigenvalue weighted by Gasteiger charge is 2.15. The number of rotatable bonds is 6. The lowest BCUT2D eigenvalue weighted by atomic mass is 9.90. The van der Waals surface area contributed by atoms with E-state index < -0.39 is 0 Å². The quantitative estimate of drug-likeness (QED) is 0.745. The minimum Gasteiger partial charge on any atom is -0.311 e. The molecule has 0 fully saturated rings. The van der Waals surface area contributed by atoms with Gasteiger partial charge in [-0.3, -0.25) is 0 Å². The van der Waals surface area contributed by atoms with Gasteiger partial charge in [-0.2, -0.15) is 0 Å². The first-order valence-corrected chi connectivity index (χ1v) is 7.77. The van der Waals surface area contributed by atoms with E-state index >= 15 is 0 Å². The molecule has 1 aromatic rings. The molecule has 1 unspecified atom stereocenters. The first kappa shape index (κ1) is 14.3. The summed E-state index contributed by atoms with van der Waals surface area (Å²) in [6.45, 7) is 5.45. The first-order chi connectivity index (χ1) is 9.29. The number of benzene rings is 1. The van der Waals surface area contributed by atoms with Crippen molar-refractivity contribution in [3.05, 3.63) is 47.0 Å². The molecule has 0 aromatic heterocycles. The zero-order valence-electron chi connectivity index (χ0n) is 12.4. The van der Waals surface area contributed by atoms with E-state index in [1.807, 2.05) is 0 Å².